The minimum absolute atomic E-state index is 0.505. The average Bonchev–Trinajstić information content (AvgIpc) is 2.43. The molecule has 1 aromatic heterocycles. The van der Waals surface area contributed by atoms with Gasteiger partial charge in [-0.05, 0) is 28.1 Å². The molecule has 3 nitrogen and oxygen atoms in total. The Kier molecular flexibility index (Phi) is 2.53. The highest BCUT2D eigenvalue weighted by atomic mass is 79.9. The van der Waals surface area contributed by atoms with Crippen LogP contribution in [0.3, 0.4) is 0 Å². The first-order valence-electron chi connectivity index (χ1n) is 3.93. The van der Waals surface area contributed by atoms with Gasteiger partial charge >= 0.3 is 7.12 Å². The van der Waals surface area contributed by atoms with E-state index in [-0.39, 0.29) is 0 Å². The molecule has 6 heteroatoms. The molecule has 72 valence electrons. The van der Waals surface area contributed by atoms with E-state index in [1.165, 1.54) is 11.3 Å². The molecule has 4 N–H and O–H groups in total. The normalized spacial score (nSPS) is 10.8. The standard InChI is InChI=1S/C8H7BBrNO2S/c10-7-5-2-1-4(11)3-6(5)14-8(7)9(12)13/h1-3,12-13H,11H2. The maximum Gasteiger partial charge on any atom is 0.500 e. The Labute approximate surface area is 93.4 Å². The lowest BCUT2D eigenvalue weighted by atomic mass is 9.89. The summed E-state index contributed by atoms with van der Waals surface area (Å²) in [6.45, 7) is 0. The molecule has 0 saturated heterocycles. The lowest BCUT2D eigenvalue weighted by Gasteiger charge is -1.93. The van der Waals surface area contributed by atoms with Crippen molar-refractivity contribution in [2.45, 2.75) is 0 Å². The summed E-state index contributed by atoms with van der Waals surface area (Å²) in [5, 5.41) is 19.1. The molecular weight excluding hydrogens is 265 g/mol. The van der Waals surface area contributed by atoms with Crippen LogP contribution >= 0.6 is 27.3 Å². The van der Waals surface area contributed by atoms with Gasteiger partial charge in [0.15, 0.2) is 0 Å². The molecule has 0 aliphatic heterocycles. The Morgan fingerprint density at radius 1 is 1.36 bits per heavy atom. The molecule has 1 heterocycles. The van der Waals surface area contributed by atoms with Gasteiger partial charge in [0.2, 0.25) is 0 Å². The van der Waals surface area contributed by atoms with Crippen LogP contribution in [0.15, 0.2) is 22.7 Å². The highest BCUT2D eigenvalue weighted by molar-refractivity contribution is 9.11. The maximum atomic E-state index is 9.08. The van der Waals surface area contributed by atoms with Crippen LogP contribution in [0.2, 0.25) is 0 Å². The molecule has 0 fully saturated rings. The molecule has 0 radical (unpaired) electrons. The van der Waals surface area contributed by atoms with E-state index in [1.54, 1.807) is 6.07 Å². The lowest BCUT2D eigenvalue weighted by molar-refractivity contribution is 0.426. The summed E-state index contributed by atoms with van der Waals surface area (Å²) in [7, 11) is -1.44. The first kappa shape index (κ1) is 9.98. The van der Waals surface area contributed by atoms with Crippen molar-refractivity contribution in [3.63, 3.8) is 0 Å². The minimum Gasteiger partial charge on any atom is -0.423 e. The largest absolute Gasteiger partial charge is 0.500 e. The molecule has 2 aromatic rings. The number of nitrogen functional groups attached to an aromatic ring is 1. The predicted octanol–water partition coefficient (Wildman–Crippen LogP) is 0.926. The highest BCUT2D eigenvalue weighted by Crippen LogP contribution is 2.29. The summed E-state index contributed by atoms with van der Waals surface area (Å²) in [5.74, 6) is 0. The molecular formula is C8H7BBrNO2S. The topological polar surface area (TPSA) is 66.5 Å². The third-order valence-electron chi connectivity index (χ3n) is 1.91. The van der Waals surface area contributed by atoms with Gasteiger partial charge < -0.3 is 15.8 Å². The maximum absolute atomic E-state index is 9.08. The van der Waals surface area contributed by atoms with E-state index in [9.17, 15) is 0 Å². The summed E-state index contributed by atoms with van der Waals surface area (Å²) < 4.78 is 2.18. The molecule has 0 aliphatic rings. The fourth-order valence-electron chi connectivity index (χ4n) is 1.27. The van der Waals surface area contributed by atoms with Crippen molar-refractivity contribution in [1.82, 2.24) is 0 Å². The number of benzene rings is 1. The van der Waals surface area contributed by atoms with E-state index < -0.39 is 7.12 Å². The number of rotatable bonds is 1. The van der Waals surface area contributed by atoms with Crippen molar-refractivity contribution in [2.75, 3.05) is 5.73 Å². The molecule has 0 unspecified atom stereocenters. The molecule has 1 aromatic carbocycles. The Hall–Kier alpha value is -0.555. The van der Waals surface area contributed by atoms with Gasteiger partial charge in [-0.25, -0.2) is 0 Å². The lowest BCUT2D eigenvalue weighted by Crippen LogP contribution is -2.27. The van der Waals surface area contributed by atoms with Gasteiger partial charge in [-0.2, -0.15) is 0 Å². The van der Waals surface area contributed by atoms with Crippen LogP contribution in [0.25, 0.3) is 10.1 Å². The first-order chi connectivity index (χ1) is 6.59. The summed E-state index contributed by atoms with van der Waals surface area (Å²) in [6, 6.07) is 5.46. The van der Waals surface area contributed by atoms with Crippen molar-refractivity contribution in [3.05, 3.63) is 22.7 Å². The summed E-state index contributed by atoms with van der Waals surface area (Å²) in [5.41, 5.74) is 6.30. The van der Waals surface area contributed by atoms with Crippen molar-refractivity contribution in [3.8, 4) is 0 Å². The molecule has 0 amide bonds. The fourth-order valence-corrected chi connectivity index (χ4v) is 3.21. The van der Waals surface area contributed by atoms with Gasteiger partial charge in [0.25, 0.3) is 0 Å². The molecule has 2 rings (SSSR count). The third kappa shape index (κ3) is 1.54. The second kappa shape index (κ2) is 3.54. The van der Waals surface area contributed by atoms with E-state index >= 15 is 0 Å². The van der Waals surface area contributed by atoms with E-state index in [1.807, 2.05) is 12.1 Å². The molecule has 14 heavy (non-hydrogen) atoms. The van der Waals surface area contributed by atoms with Gasteiger partial charge in [-0.1, -0.05) is 6.07 Å². The third-order valence-corrected chi connectivity index (χ3v) is 4.22. The Balaban J connectivity index is 2.73. The van der Waals surface area contributed by atoms with Crippen molar-refractivity contribution in [1.29, 1.82) is 0 Å². The van der Waals surface area contributed by atoms with Crippen molar-refractivity contribution < 1.29 is 10.0 Å². The molecule has 0 saturated carbocycles. The van der Waals surface area contributed by atoms with Gasteiger partial charge in [-0.15, -0.1) is 11.3 Å². The predicted molar refractivity (Wildman–Crippen MR) is 63.8 cm³/mol. The van der Waals surface area contributed by atoms with E-state index in [4.69, 9.17) is 15.8 Å². The fraction of sp³-hybridized carbons (Fsp3) is 0. The zero-order chi connectivity index (χ0) is 10.3. The summed E-state index contributed by atoms with van der Waals surface area (Å²) in [6.07, 6.45) is 0. The second-order valence-electron chi connectivity index (χ2n) is 2.91. The zero-order valence-corrected chi connectivity index (χ0v) is 9.47. The van der Waals surface area contributed by atoms with Crippen LogP contribution in [0, 0.1) is 0 Å². The molecule has 0 aliphatic carbocycles. The smallest absolute Gasteiger partial charge is 0.423 e. The Morgan fingerprint density at radius 3 is 2.71 bits per heavy atom. The summed E-state index contributed by atoms with van der Waals surface area (Å²) >= 11 is 4.65. The number of thiophene rings is 1. The SMILES string of the molecule is Nc1ccc2c(Br)c(B(O)O)sc2c1. The highest BCUT2D eigenvalue weighted by Gasteiger charge is 2.20. The van der Waals surface area contributed by atoms with Gasteiger partial charge in [-0.3, -0.25) is 0 Å². The molecule has 0 bridgehead atoms. The quantitative estimate of drug-likeness (QED) is 0.534. The second-order valence-corrected chi connectivity index (χ2v) is 4.79. The van der Waals surface area contributed by atoms with Crippen molar-refractivity contribution >= 4 is 54.9 Å². The number of hydrogen-bond donors (Lipinski definition) is 3. The van der Waals surface area contributed by atoms with Gasteiger partial charge in [0.05, 0.1) is 4.78 Å². The van der Waals surface area contributed by atoms with E-state index in [0.29, 0.717) is 10.5 Å². The average molecular weight is 272 g/mol. The minimum atomic E-state index is -1.44. The molecule has 0 spiro atoms. The Morgan fingerprint density at radius 2 is 2.07 bits per heavy atom. The Bertz CT molecular complexity index is 485. The van der Waals surface area contributed by atoms with Gasteiger partial charge in [0, 0.05) is 20.2 Å². The van der Waals surface area contributed by atoms with Crippen LogP contribution in [-0.4, -0.2) is 17.2 Å². The summed E-state index contributed by atoms with van der Waals surface area (Å²) in [4.78, 5) is 0. The van der Waals surface area contributed by atoms with Crippen LogP contribution in [0.1, 0.15) is 0 Å². The first-order valence-corrected chi connectivity index (χ1v) is 5.54. The van der Waals surface area contributed by atoms with Crippen LogP contribution in [0.5, 0.6) is 0 Å². The number of nitrogens with two attached hydrogens (primary N) is 1. The molecule has 0 atom stereocenters. The van der Waals surface area contributed by atoms with Crippen LogP contribution < -0.4 is 10.5 Å². The van der Waals surface area contributed by atoms with Crippen LogP contribution in [0.4, 0.5) is 5.69 Å². The zero-order valence-electron chi connectivity index (χ0n) is 7.07. The number of fused-ring (bicyclic) bond motifs is 1. The van der Waals surface area contributed by atoms with E-state index in [0.717, 1.165) is 14.6 Å². The van der Waals surface area contributed by atoms with Gasteiger partial charge in [0.1, 0.15) is 0 Å². The van der Waals surface area contributed by atoms with Crippen molar-refractivity contribution in [2.24, 2.45) is 0 Å². The van der Waals surface area contributed by atoms with Crippen LogP contribution in [-0.2, 0) is 0 Å². The number of halogens is 1. The number of anilines is 1. The number of hydrogen-bond acceptors (Lipinski definition) is 4. The monoisotopic (exact) mass is 271 g/mol. The van der Waals surface area contributed by atoms with E-state index in [2.05, 4.69) is 15.9 Å².